The molecule has 45 heavy (non-hydrogen) atoms. The lowest BCUT2D eigenvalue weighted by Gasteiger charge is -2.34. The summed E-state index contributed by atoms with van der Waals surface area (Å²) in [5, 5.41) is 3.17. The van der Waals surface area contributed by atoms with Crippen molar-refractivity contribution in [1.29, 1.82) is 0 Å². The molecule has 0 fully saturated rings. The quantitative estimate of drug-likeness (QED) is 0.199. The van der Waals surface area contributed by atoms with Crippen molar-refractivity contribution in [1.82, 2.24) is 10.2 Å². The number of anilines is 1. The van der Waals surface area contributed by atoms with Crippen molar-refractivity contribution in [3.8, 4) is 17.2 Å². The number of sulfonamides is 1. The highest BCUT2D eigenvalue weighted by Crippen LogP contribution is 2.37. The van der Waals surface area contributed by atoms with Crippen LogP contribution in [-0.4, -0.2) is 65.6 Å². The Morgan fingerprint density at radius 3 is 2.20 bits per heavy atom. The Morgan fingerprint density at radius 2 is 1.58 bits per heavy atom. The zero-order valence-electron chi connectivity index (χ0n) is 26.6. The molecule has 0 saturated heterocycles. The highest BCUT2D eigenvalue weighted by molar-refractivity contribution is 7.92. The normalized spacial score (nSPS) is 11.8. The lowest BCUT2D eigenvalue weighted by Crippen LogP contribution is -2.52. The maximum Gasteiger partial charge on any atom is 0.265 e. The molecule has 12 heteroatoms. The second kappa shape index (κ2) is 16.4. The number of carbonyl (C=O) groups excluding carboxylic acids is 2. The summed E-state index contributed by atoms with van der Waals surface area (Å²) >= 11 is 6.34. The van der Waals surface area contributed by atoms with E-state index in [0.29, 0.717) is 18.7 Å². The van der Waals surface area contributed by atoms with Gasteiger partial charge in [0.25, 0.3) is 10.0 Å². The molecular formula is C33H42ClN3O7S. The van der Waals surface area contributed by atoms with Gasteiger partial charge in [-0.15, -0.1) is 0 Å². The number of unbranched alkanes of at least 4 members (excludes halogenated alkanes) is 1. The molecule has 0 heterocycles. The molecule has 1 atom stereocenters. The largest absolute Gasteiger partial charge is 0.495 e. The third-order valence-electron chi connectivity index (χ3n) is 7.45. The van der Waals surface area contributed by atoms with E-state index in [1.807, 2.05) is 45.0 Å². The summed E-state index contributed by atoms with van der Waals surface area (Å²) in [6.07, 6.45) is 2.01. The standard InChI is InChI=1S/C33H42ClN3O7S/c1-7-9-18-35-33(39)27(8-2)36(21-24-13-11-10-12-23(24)3)32(38)22-37(28-19-25(34)14-16-29(28)42-4)45(40,41)26-15-17-30(43-5)31(20-26)44-6/h10-17,19-20,27H,7-9,18,21-22H2,1-6H3,(H,35,39)/t27-/m0/s1. The van der Waals surface area contributed by atoms with Crippen LogP contribution in [0.25, 0.3) is 0 Å². The highest BCUT2D eigenvalue weighted by atomic mass is 35.5. The number of halogens is 1. The van der Waals surface area contributed by atoms with Crippen LogP contribution in [0.2, 0.25) is 5.02 Å². The summed E-state index contributed by atoms with van der Waals surface area (Å²) < 4.78 is 45.9. The van der Waals surface area contributed by atoms with Crippen LogP contribution in [0.15, 0.2) is 65.6 Å². The zero-order chi connectivity index (χ0) is 33.1. The molecule has 0 bridgehead atoms. The molecular weight excluding hydrogens is 618 g/mol. The molecule has 3 aromatic carbocycles. The van der Waals surface area contributed by atoms with Crippen molar-refractivity contribution in [2.24, 2.45) is 0 Å². The van der Waals surface area contributed by atoms with E-state index < -0.39 is 28.5 Å². The van der Waals surface area contributed by atoms with Crippen molar-refractivity contribution >= 4 is 39.1 Å². The predicted molar refractivity (Wildman–Crippen MR) is 176 cm³/mol. The van der Waals surface area contributed by atoms with Crippen LogP contribution in [0, 0.1) is 6.92 Å². The van der Waals surface area contributed by atoms with E-state index in [1.54, 1.807) is 6.07 Å². The van der Waals surface area contributed by atoms with Crippen molar-refractivity contribution in [3.05, 3.63) is 76.8 Å². The minimum atomic E-state index is -4.43. The summed E-state index contributed by atoms with van der Waals surface area (Å²) in [7, 11) is -0.191. The average Bonchev–Trinajstić information content (AvgIpc) is 3.03. The zero-order valence-corrected chi connectivity index (χ0v) is 28.2. The van der Waals surface area contributed by atoms with Gasteiger partial charge in [0.05, 0.1) is 31.9 Å². The van der Waals surface area contributed by atoms with E-state index in [2.05, 4.69) is 5.32 Å². The van der Waals surface area contributed by atoms with E-state index in [9.17, 15) is 18.0 Å². The van der Waals surface area contributed by atoms with Crippen LogP contribution in [0.4, 0.5) is 5.69 Å². The van der Waals surface area contributed by atoms with E-state index in [1.165, 1.54) is 56.6 Å². The van der Waals surface area contributed by atoms with Gasteiger partial charge < -0.3 is 24.4 Å². The lowest BCUT2D eigenvalue weighted by atomic mass is 10.1. The van der Waals surface area contributed by atoms with Crippen LogP contribution in [-0.2, 0) is 26.2 Å². The summed E-state index contributed by atoms with van der Waals surface area (Å²) in [6, 6.07) is 15.4. The fraction of sp³-hybridized carbons (Fsp3) is 0.394. The Balaban J connectivity index is 2.16. The predicted octanol–water partition coefficient (Wildman–Crippen LogP) is 5.59. The molecule has 0 spiro atoms. The molecule has 0 aromatic heterocycles. The number of hydrogen-bond donors (Lipinski definition) is 1. The van der Waals surface area contributed by atoms with Gasteiger partial charge in [0.2, 0.25) is 11.8 Å². The number of hydrogen-bond acceptors (Lipinski definition) is 7. The maximum atomic E-state index is 14.4. The summed E-state index contributed by atoms with van der Waals surface area (Å²) in [6.45, 7) is 5.69. The number of nitrogens with one attached hydrogen (secondary N) is 1. The van der Waals surface area contributed by atoms with Crippen LogP contribution in [0.5, 0.6) is 17.2 Å². The fourth-order valence-electron chi connectivity index (χ4n) is 4.87. The van der Waals surface area contributed by atoms with E-state index in [0.717, 1.165) is 28.3 Å². The summed E-state index contributed by atoms with van der Waals surface area (Å²) in [5.41, 5.74) is 1.83. The smallest absolute Gasteiger partial charge is 0.265 e. The van der Waals surface area contributed by atoms with E-state index >= 15 is 0 Å². The molecule has 0 aliphatic carbocycles. The van der Waals surface area contributed by atoms with Crippen LogP contribution in [0.1, 0.15) is 44.2 Å². The molecule has 0 saturated carbocycles. The summed E-state index contributed by atoms with van der Waals surface area (Å²) in [4.78, 5) is 29.1. The van der Waals surface area contributed by atoms with Crippen molar-refractivity contribution in [2.75, 3.05) is 38.7 Å². The number of nitrogens with zero attached hydrogens (tertiary/aromatic N) is 2. The molecule has 244 valence electrons. The van der Waals surface area contributed by atoms with Gasteiger partial charge >= 0.3 is 0 Å². The highest BCUT2D eigenvalue weighted by Gasteiger charge is 2.35. The summed E-state index contributed by atoms with van der Waals surface area (Å²) in [5.74, 6) is -0.169. The van der Waals surface area contributed by atoms with Gasteiger partial charge in [-0.25, -0.2) is 8.42 Å². The number of methoxy groups -OCH3 is 3. The average molecular weight is 660 g/mol. The van der Waals surface area contributed by atoms with Crippen molar-refractivity contribution < 1.29 is 32.2 Å². The van der Waals surface area contributed by atoms with Crippen LogP contribution in [0.3, 0.4) is 0 Å². The lowest BCUT2D eigenvalue weighted by molar-refractivity contribution is -0.140. The molecule has 10 nitrogen and oxygen atoms in total. The van der Waals surface area contributed by atoms with Gasteiger partial charge in [-0.2, -0.15) is 0 Å². The Bertz CT molecular complexity index is 1580. The second-order valence-corrected chi connectivity index (χ2v) is 12.7. The van der Waals surface area contributed by atoms with Gasteiger partial charge in [0.1, 0.15) is 18.3 Å². The SMILES string of the molecule is CCCCNC(=O)[C@H](CC)N(Cc1ccccc1C)C(=O)CN(c1cc(Cl)ccc1OC)S(=O)(=O)c1ccc(OC)c(OC)c1. The molecule has 1 N–H and O–H groups in total. The van der Waals surface area contributed by atoms with Gasteiger partial charge in [0, 0.05) is 24.2 Å². The number of benzene rings is 3. The first kappa shape index (κ1) is 35.5. The van der Waals surface area contributed by atoms with Crippen LogP contribution < -0.4 is 23.8 Å². The Morgan fingerprint density at radius 1 is 0.911 bits per heavy atom. The third kappa shape index (κ3) is 8.61. The molecule has 3 aromatic rings. The van der Waals surface area contributed by atoms with E-state index in [4.69, 9.17) is 25.8 Å². The Labute approximate surface area is 271 Å². The van der Waals surface area contributed by atoms with E-state index in [-0.39, 0.29) is 39.6 Å². The van der Waals surface area contributed by atoms with Gasteiger partial charge in [-0.3, -0.25) is 13.9 Å². The molecule has 0 aliphatic heterocycles. The maximum absolute atomic E-state index is 14.4. The fourth-order valence-corrected chi connectivity index (χ4v) is 6.47. The first-order chi connectivity index (χ1) is 21.5. The van der Waals surface area contributed by atoms with Crippen LogP contribution >= 0.6 is 11.6 Å². The first-order valence-electron chi connectivity index (χ1n) is 14.7. The van der Waals surface area contributed by atoms with Gasteiger partial charge in [-0.1, -0.05) is 56.1 Å². The number of amides is 2. The Hall–Kier alpha value is -3.96. The Kier molecular flexibility index (Phi) is 12.9. The number of ether oxygens (including phenoxy) is 3. The van der Waals surface area contributed by atoms with Crippen molar-refractivity contribution in [3.63, 3.8) is 0 Å². The molecule has 0 unspecified atom stereocenters. The molecule has 0 aliphatic rings. The monoisotopic (exact) mass is 659 g/mol. The van der Waals surface area contributed by atoms with Gasteiger partial charge in [0.15, 0.2) is 11.5 Å². The minimum absolute atomic E-state index is 0.0597. The number of rotatable bonds is 16. The van der Waals surface area contributed by atoms with Crippen molar-refractivity contribution in [2.45, 2.75) is 57.5 Å². The topological polar surface area (TPSA) is 114 Å². The first-order valence-corrected chi connectivity index (χ1v) is 16.5. The third-order valence-corrected chi connectivity index (χ3v) is 9.44. The number of aryl methyl sites for hydroxylation is 1. The second-order valence-electron chi connectivity index (χ2n) is 10.4. The van der Waals surface area contributed by atoms with Gasteiger partial charge in [-0.05, 0) is 61.2 Å². The molecule has 3 rings (SSSR count). The minimum Gasteiger partial charge on any atom is -0.495 e. The number of carbonyl (C=O) groups is 2. The molecule has 0 radical (unpaired) electrons. The molecule has 2 amide bonds.